The predicted octanol–water partition coefficient (Wildman–Crippen LogP) is 3.14. The molecule has 0 heterocycles. The van der Waals surface area contributed by atoms with E-state index in [1.807, 2.05) is 0 Å². The molecule has 2 aromatic rings. The number of rotatable bonds is 6. The Morgan fingerprint density at radius 3 is 2.11 bits per heavy atom. The van der Waals surface area contributed by atoms with Crippen LogP contribution in [0.25, 0.3) is 0 Å². The highest BCUT2D eigenvalue weighted by molar-refractivity contribution is 5.97. The van der Waals surface area contributed by atoms with E-state index in [2.05, 4.69) is 16.2 Å². The number of anilines is 1. The molecule has 0 aromatic heterocycles. The molecule has 9 heteroatoms. The summed E-state index contributed by atoms with van der Waals surface area (Å²) < 4.78 is 52.7. The van der Waals surface area contributed by atoms with Gasteiger partial charge in [-0.1, -0.05) is 13.8 Å². The molecule has 0 bridgehead atoms. The Bertz CT molecular complexity index is 841. The SMILES string of the molecule is CC(C)C(NC(=O)c1ccc(F)cc1)C(=O)NNc1ccc(F)c(F)c1F. The third kappa shape index (κ3) is 4.96. The van der Waals surface area contributed by atoms with Gasteiger partial charge < -0.3 is 5.32 Å². The molecule has 0 fully saturated rings. The molecule has 27 heavy (non-hydrogen) atoms. The monoisotopic (exact) mass is 383 g/mol. The van der Waals surface area contributed by atoms with E-state index in [9.17, 15) is 27.2 Å². The van der Waals surface area contributed by atoms with Crippen LogP contribution < -0.4 is 16.2 Å². The van der Waals surface area contributed by atoms with Gasteiger partial charge in [0, 0.05) is 5.56 Å². The largest absolute Gasteiger partial charge is 0.340 e. The first-order valence-electron chi connectivity index (χ1n) is 7.96. The molecular weight excluding hydrogens is 366 g/mol. The van der Waals surface area contributed by atoms with Crippen molar-refractivity contribution in [3.63, 3.8) is 0 Å². The number of amides is 2. The Balaban J connectivity index is 2.05. The normalized spacial score (nSPS) is 11.8. The molecule has 144 valence electrons. The maximum atomic E-state index is 13.6. The number of halogens is 4. The first-order valence-corrected chi connectivity index (χ1v) is 7.96. The van der Waals surface area contributed by atoms with Crippen LogP contribution in [0.5, 0.6) is 0 Å². The van der Waals surface area contributed by atoms with Gasteiger partial charge in [-0.3, -0.25) is 20.4 Å². The molecule has 1 unspecified atom stereocenters. The van der Waals surface area contributed by atoms with E-state index in [0.29, 0.717) is 6.07 Å². The van der Waals surface area contributed by atoms with Crippen molar-refractivity contribution in [1.29, 1.82) is 0 Å². The highest BCUT2D eigenvalue weighted by atomic mass is 19.2. The van der Waals surface area contributed by atoms with Crippen LogP contribution in [0.15, 0.2) is 36.4 Å². The minimum absolute atomic E-state index is 0.148. The Kier molecular flexibility index (Phi) is 6.38. The van der Waals surface area contributed by atoms with Gasteiger partial charge in [-0.25, -0.2) is 17.6 Å². The highest BCUT2D eigenvalue weighted by Gasteiger charge is 2.25. The number of hydrogen-bond acceptors (Lipinski definition) is 3. The van der Waals surface area contributed by atoms with Crippen molar-refractivity contribution < 1.29 is 27.2 Å². The van der Waals surface area contributed by atoms with Gasteiger partial charge >= 0.3 is 0 Å². The fourth-order valence-electron chi connectivity index (χ4n) is 2.19. The molecular formula is C18H17F4N3O2. The van der Waals surface area contributed by atoms with Gasteiger partial charge in [0.05, 0.1) is 5.69 Å². The molecule has 3 N–H and O–H groups in total. The zero-order chi connectivity index (χ0) is 20.1. The summed E-state index contributed by atoms with van der Waals surface area (Å²) in [5.41, 5.74) is 3.97. The zero-order valence-electron chi connectivity index (χ0n) is 14.4. The second kappa shape index (κ2) is 8.52. The van der Waals surface area contributed by atoms with Crippen molar-refractivity contribution in [2.75, 3.05) is 5.43 Å². The number of hydrazine groups is 1. The maximum absolute atomic E-state index is 13.6. The van der Waals surface area contributed by atoms with E-state index in [0.717, 1.165) is 18.2 Å². The van der Waals surface area contributed by atoms with Crippen LogP contribution in [-0.4, -0.2) is 17.9 Å². The standard InChI is InChI=1S/C18H17F4N3O2/c1-9(2)16(23-17(26)10-3-5-11(19)6-4-10)18(27)25-24-13-8-7-12(20)14(21)15(13)22/h3-9,16,24H,1-2H3,(H,23,26)(H,25,27). The molecule has 0 radical (unpaired) electrons. The first kappa shape index (κ1) is 20.2. The van der Waals surface area contributed by atoms with E-state index in [1.165, 1.54) is 12.1 Å². The number of benzene rings is 2. The van der Waals surface area contributed by atoms with Gasteiger partial charge in [0.15, 0.2) is 17.5 Å². The molecule has 0 saturated carbocycles. The molecule has 2 aromatic carbocycles. The molecule has 0 saturated heterocycles. The lowest BCUT2D eigenvalue weighted by Crippen LogP contribution is -2.51. The highest BCUT2D eigenvalue weighted by Crippen LogP contribution is 2.18. The number of carbonyl (C=O) groups is 2. The molecule has 1 atom stereocenters. The molecule has 0 aliphatic rings. The fourth-order valence-corrected chi connectivity index (χ4v) is 2.19. The maximum Gasteiger partial charge on any atom is 0.261 e. The number of hydrogen-bond donors (Lipinski definition) is 3. The summed E-state index contributed by atoms with van der Waals surface area (Å²) in [4.78, 5) is 24.5. The van der Waals surface area contributed by atoms with E-state index in [1.54, 1.807) is 13.8 Å². The Labute approximate surface area is 152 Å². The van der Waals surface area contributed by atoms with Crippen LogP contribution in [0.1, 0.15) is 24.2 Å². The predicted molar refractivity (Wildman–Crippen MR) is 90.6 cm³/mol. The van der Waals surface area contributed by atoms with Crippen LogP contribution in [0.2, 0.25) is 0 Å². The van der Waals surface area contributed by atoms with E-state index < -0.39 is 46.8 Å². The van der Waals surface area contributed by atoms with Gasteiger partial charge in [0.25, 0.3) is 11.8 Å². The van der Waals surface area contributed by atoms with Crippen LogP contribution in [-0.2, 0) is 4.79 Å². The van der Waals surface area contributed by atoms with Gasteiger partial charge in [-0.2, -0.15) is 0 Å². The van der Waals surface area contributed by atoms with Gasteiger partial charge in [0.1, 0.15) is 11.9 Å². The molecule has 0 aliphatic heterocycles. The zero-order valence-corrected chi connectivity index (χ0v) is 14.4. The minimum Gasteiger partial charge on any atom is -0.340 e. The second-order valence-electron chi connectivity index (χ2n) is 6.04. The summed E-state index contributed by atoms with van der Waals surface area (Å²) >= 11 is 0. The van der Waals surface area contributed by atoms with Crippen LogP contribution in [0.4, 0.5) is 23.2 Å². The van der Waals surface area contributed by atoms with Crippen molar-refractivity contribution in [3.8, 4) is 0 Å². The topological polar surface area (TPSA) is 70.2 Å². The molecule has 5 nitrogen and oxygen atoms in total. The minimum atomic E-state index is -1.68. The molecule has 0 aliphatic carbocycles. The quantitative estimate of drug-likeness (QED) is 0.408. The van der Waals surface area contributed by atoms with Crippen molar-refractivity contribution >= 4 is 17.5 Å². The van der Waals surface area contributed by atoms with Crippen molar-refractivity contribution in [3.05, 3.63) is 65.2 Å². The summed E-state index contributed by atoms with van der Waals surface area (Å²) in [5, 5.41) is 2.48. The van der Waals surface area contributed by atoms with Crippen molar-refractivity contribution in [2.24, 2.45) is 5.92 Å². The summed E-state index contributed by atoms with van der Waals surface area (Å²) in [6.45, 7) is 3.32. The third-order valence-corrected chi connectivity index (χ3v) is 3.70. The second-order valence-corrected chi connectivity index (χ2v) is 6.04. The van der Waals surface area contributed by atoms with E-state index in [-0.39, 0.29) is 11.5 Å². The van der Waals surface area contributed by atoms with Gasteiger partial charge in [0.2, 0.25) is 0 Å². The van der Waals surface area contributed by atoms with E-state index in [4.69, 9.17) is 0 Å². The van der Waals surface area contributed by atoms with Gasteiger partial charge in [-0.05, 0) is 42.3 Å². The summed E-state index contributed by atoms with van der Waals surface area (Å²) in [7, 11) is 0. The van der Waals surface area contributed by atoms with Gasteiger partial charge in [-0.15, -0.1) is 0 Å². The third-order valence-electron chi connectivity index (χ3n) is 3.70. The lowest BCUT2D eigenvalue weighted by Gasteiger charge is -2.22. The lowest BCUT2D eigenvalue weighted by molar-refractivity contribution is -0.123. The summed E-state index contributed by atoms with van der Waals surface area (Å²) in [6.07, 6.45) is 0. The van der Waals surface area contributed by atoms with Crippen molar-refractivity contribution in [2.45, 2.75) is 19.9 Å². The molecule has 2 rings (SSSR count). The Morgan fingerprint density at radius 1 is 0.889 bits per heavy atom. The van der Waals surface area contributed by atoms with Crippen molar-refractivity contribution in [1.82, 2.24) is 10.7 Å². The summed E-state index contributed by atoms with van der Waals surface area (Å²) in [6, 6.07) is 5.31. The van der Waals surface area contributed by atoms with Crippen LogP contribution >= 0.6 is 0 Å². The Hall–Kier alpha value is -3.10. The average Bonchev–Trinajstić information content (AvgIpc) is 2.63. The fraction of sp³-hybridized carbons (Fsp3) is 0.222. The summed E-state index contributed by atoms with van der Waals surface area (Å²) in [5.74, 6) is -6.75. The average molecular weight is 383 g/mol. The van der Waals surface area contributed by atoms with E-state index >= 15 is 0 Å². The molecule has 2 amide bonds. The first-order chi connectivity index (χ1) is 12.7. The Morgan fingerprint density at radius 2 is 1.52 bits per heavy atom. The smallest absolute Gasteiger partial charge is 0.261 e. The lowest BCUT2D eigenvalue weighted by atomic mass is 10.0. The number of carbonyl (C=O) groups excluding carboxylic acids is 2. The number of nitrogens with one attached hydrogen (secondary N) is 3. The molecule has 0 spiro atoms. The van der Waals surface area contributed by atoms with Crippen LogP contribution in [0.3, 0.4) is 0 Å². The van der Waals surface area contributed by atoms with Crippen LogP contribution in [0, 0.1) is 29.2 Å².